The predicted octanol–water partition coefficient (Wildman–Crippen LogP) is 0.162. The van der Waals surface area contributed by atoms with Crippen molar-refractivity contribution in [2.45, 2.75) is 120 Å². The average molecular weight is 613 g/mol. The number of ketones is 1. The number of aliphatic hydroxyl groups is 4. The Labute approximate surface area is 251 Å². The lowest BCUT2D eigenvalue weighted by atomic mass is 9.48. The molecule has 0 aromatic rings. The average Bonchev–Trinajstić information content (AvgIpc) is 2.94. The highest BCUT2D eigenvalue weighted by atomic mass is 16.6. The summed E-state index contributed by atoms with van der Waals surface area (Å²) in [6, 6.07) is -2.13. The number of amides is 1. The molecule has 43 heavy (non-hydrogen) atoms. The van der Waals surface area contributed by atoms with E-state index in [-0.39, 0.29) is 56.3 Å². The number of carboxylic acid groups (broad SMARTS) is 2. The van der Waals surface area contributed by atoms with Crippen LogP contribution in [0, 0.1) is 29.1 Å². The van der Waals surface area contributed by atoms with Gasteiger partial charge in [0.1, 0.15) is 18.3 Å². The van der Waals surface area contributed by atoms with Gasteiger partial charge in [-0.2, -0.15) is 0 Å². The zero-order valence-electron chi connectivity index (χ0n) is 24.6. The predicted molar refractivity (Wildman–Crippen MR) is 150 cm³/mol. The maximum absolute atomic E-state index is 13.4. The lowest BCUT2D eigenvalue weighted by Crippen LogP contribution is -2.63. The van der Waals surface area contributed by atoms with Crippen molar-refractivity contribution in [1.82, 2.24) is 10.6 Å². The standard InChI is InChI=1S/C30H48N2O11/c33-15-22-26(39)27(40)25(29(42)43-22)31-8-6-19(1-3-23(35)36)28(41)32-20(2-4-24(37)38)21(34)5-7-30-12-16-9-17(13-30)11-18(10-16)14-30/h16-20,22,25-27,29,31,33,39-40,42H,1-15H2,(H,32,41)(H,35,36)(H,37,38)/t16?,17?,18?,19-,20-,22-,25-,26+,27-,29?,30?/m1/s1. The molecule has 4 aliphatic carbocycles. The number of Topliss-reactive ketones (excluding diaryl/α,β-unsaturated/α-hetero) is 1. The van der Waals surface area contributed by atoms with Crippen LogP contribution in [-0.2, 0) is 23.9 Å². The van der Waals surface area contributed by atoms with E-state index in [1.807, 2.05) is 0 Å². The number of hydrogen-bond acceptors (Lipinski definition) is 10. The third-order valence-corrected chi connectivity index (χ3v) is 10.3. The molecule has 5 fully saturated rings. The van der Waals surface area contributed by atoms with Gasteiger partial charge in [-0.15, -0.1) is 0 Å². The van der Waals surface area contributed by atoms with E-state index in [1.165, 1.54) is 19.3 Å². The maximum atomic E-state index is 13.4. The number of rotatable bonds is 17. The molecule has 0 aromatic heterocycles. The molecule has 7 atom stereocenters. The van der Waals surface area contributed by atoms with E-state index in [1.54, 1.807) is 0 Å². The van der Waals surface area contributed by atoms with Gasteiger partial charge in [-0.25, -0.2) is 0 Å². The summed E-state index contributed by atoms with van der Waals surface area (Å²) in [4.78, 5) is 49.4. The summed E-state index contributed by atoms with van der Waals surface area (Å²) in [5, 5.41) is 64.0. The molecule has 0 spiro atoms. The summed E-state index contributed by atoms with van der Waals surface area (Å²) in [6.07, 6.45) is 1.95. The van der Waals surface area contributed by atoms with Crippen LogP contribution in [0.25, 0.3) is 0 Å². The Balaban J connectivity index is 1.35. The summed E-state index contributed by atoms with van der Waals surface area (Å²) in [5.74, 6) is -1.64. The van der Waals surface area contributed by atoms with Gasteiger partial charge in [-0.05, 0) is 93.9 Å². The molecule has 4 saturated carbocycles. The van der Waals surface area contributed by atoms with Crippen LogP contribution >= 0.6 is 0 Å². The van der Waals surface area contributed by atoms with Crippen molar-refractivity contribution in [3.8, 4) is 0 Å². The molecule has 0 radical (unpaired) electrons. The molecule has 5 rings (SSSR count). The van der Waals surface area contributed by atoms with Crippen LogP contribution in [0.2, 0.25) is 0 Å². The highest BCUT2D eigenvalue weighted by Gasteiger charge is 2.50. The lowest BCUT2D eigenvalue weighted by Gasteiger charge is -2.57. The minimum Gasteiger partial charge on any atom is -0.481 e. The molecule has 1 amide bonds. The second-order valence-electron chi connectivity index (χ2n) is 13.5. The first-order valence-corrected chi connectivity index (χ1v) is 15.7. The molecule has 13 nitrogen and oxygen atoms in total. The summed E-state index contributed by atoms with van der Waals surface area (Å²) in [7, 11) is 0. The molecule has 8 N–H and O–H groups in total. The topological polar surface area (TPSA) is 223 Å². The van der Waals surface area contributed by atoms with Crippen LogP contribution in [0.4, 0.5) is 0 Å². The second kappa shape index (κ2) is 14.7. The van der Waals surface area contributed by atoms with Crippen molar-refractivity contribution in [1.29, 1.82) is 0 Å². The lowest BCUT2D eigenvalue weighted by molar-refractivity contribution is -0.254. The molecular weight excluding hydrogens is 564 g/mol. The third kappa shape index (κ3) is 8.73. The van der Waals surface area contributed by atoms with Crippen LogP contribution in [0.3, 0.4) is 0 Å². The quantitative estimate of drug-likeness (QED) is 0.110. The Bertz CT molecular complexity index is 971. The minimum atomic E-state index is -1.55. The fourth-order valence-corrected chi connectivity index (χ4v) is 8.48. The van der Waals surface area contributed by atoms with Crippen LogP contribution in [0.5, 0.6) is 0 Å². The van der Waals surface area contributed by atoms with Crippen LogP contribution in [0.1, 0.15) is 83.5 Å². The Kier molecular flexibility index (Phi) is 11.6. The molecular formula is C30H48N2O11. The highest BCUT2D eigenvalue weighted by Crippen LogP contribution is 2.61. The Morgan fingerprint density at radius 2 is 1.40 bits per heavy atom. The Hall–Kier alpha value is -2.16. The number of carbonyl (C=O) groups excluding carboxylic acids is 2. The second-order valence-corrected chi connectivity index (χ2v) is 13.5. The smallest absolute Gasteiger partial charge is 0.303 e. The van der Waals surface area contributed by atoms with Crippen molar-refractivity contribution in [3.05, 3.63) is 0 Å². The first kappa shape index (κ1) is 33.7. The third-order valence-electron chi connectivity index (χ3n) is 10.3. The fraction of sp³-hybridized carbons (Fsp3) is 0.867. The number of aliphatic hydroxyl groups excluding tert-OH is 4. The number of nitrogens with one attached hydrogen (secondary N) is 2. The number of carbonyl (C=O) groups is 4. The van der Waals surface area contributed by atoms with Gasteiger partial charge < -0.3 is 46.0 Å². The van der Waals surface area contributed by atoms with Crippen LogP contribution in [0.15, 0.2) is 0 Å². The van der Waals surface area contributed by atoms with Crippen molar-refractivity contribution in [2.24, 2.45) is 29.1 Å². The molecule has 1 aliphatic heterocycles. The van der Waals surface area contributed by atoms with Crippen molar-refractivity contribution >= 4 is 23.6 Å². The molecule has 1 saturated heterocycles. The van der Waals surface area contributed by atoms with Crippen LogP contribution < -0.4 is 10.6 Å². The maximum Gasteiger partial charge on any atom is 0.303 e. The molecule has 13 heteroatoms. The molecule has 1 heterocycles. The summed E-state index contributed by atoms with van der Waals surface area (Å²) >= 11 is 0. The van der Waals surface area contributed by atoms with Crippen LogP contribution in [-0.4, -0.2) is 104 Å². The van der Waals surface area contributed by atoms with E-state index in [2.05, 4.69) is 10.6 Å². The summed E-state index contributed by atoms with van der Waals surface area (Å²) in [6.45, 7) is -0.583. The van der Waals surface area contributed by atoms with Gasteiger partial charge in [-0.1, -0.05) is 0 Å². The SMILES string of the molecule is O=C(O)CC[C@H](CCN[C@H]1C(O)O[C@H](CO)[C@H](O)[C@@H]1O)C(=O)N[C@H](CCC(=O)O)C(=O)CCC12CC3CC(CC(C3)C1)C2. The van der Waals surface area contributed by atoms with E-state index in [4.69, 9.17) is 4.74 Å². The minimum absolute atomic E-state index is 0.0239. The van der Waals surface area contributed by atoms with E-state index < -0.39 is 67.1 Å². The van der Waals surface area contributed by atoms with Gasteiger partial charge in [-0.3, -0.25) is 19.2 Å². The van der Waals surface area contributed by atoms with Gasteiger partial charge in [0, 0.05) is 25.2 Å². The fourth-order valence-electron chi connectivity index (χ4n) is 8.48. The van der Waals surface area contributed by atoms with E-state index in [0.29, 0.717) is 0 Å². The number of carboxylic acids is 2. The number of ether oxygens (including phenoxy) is 1. The van der Waals surface area contributed by atoms with E-state index in [0.717, 1.165) is 43.4 Å². The molecule has 4 bridgehead atoms. The summed E-state index contributed by atoms with van der Waals surface area (Å²) < 4.78 is 5.13. The highest BCUT2D eigenvalue weighted by molar-refractivity contribution is 5.90. The molecule has 0 aromatic carbocycles. The summed E-state index contributed by atoms with van der Waals surface area (Å²) in [5.41, 5.74) is 0.157. The van der Waals surface area contributed by atoms with E-state index in [9.17, 15) is 49.8 Å². The van der Waals surface area contributed by atoms with Gasteiger partial charge in [0.25, 0.3) is 0 Å². The van der Waals surface area contributed by atoms with Crippen molar-refractivity contribution in [2.75, 3.05) is 13.2 Å². The Morgan fingerprint density at radius 3 is 1.95 bits per heavy atom. The van der Waals surface area contributed by atoms with Gasteiger partial charge >= 0.3 is 11.9 Å². The monoisotopic (exact) mass is 612 g/mol. The first-order valence-electron chi connectivity index (χ1n) is 15.7. The molecule has 5 aliphatic rings. The van der Waals surface area contributed by atoms with E-state index >= 15 is 0 Å². The van der Waals surface area contributed by atoms with Crippen molar-refractivity contribution < 1.29 is 54.6 Å². The first-order chi connectivity index (χ1) is 20.4. The largest absolute Gasteiger partial charge is 0.481 e. The van der Waals surface area contributed by atoms with Crippen molar-refractivity contribution in [3.63, 3.8) is 0 Å². The van der Waals surface area contributed by atoms with Gasteiger partial charge in [0.05, 0.1) is 18.7 Å². The molecule has 1 unspecified atom stereocenters. The number of aliphatic carboxylic acids is 2. The zero-order valence-corrected chi connectivity index (χ0v) is 24.6. The zero-order chi connectivity index (χ0) is 31.3. The molecule has 244 valence electrons. The van der Waals surface area contributed by atoms with Gasteiger partial charge in [0.15, 0.2) is 12.1 Å². The Morgan fingerprint density at radius 1 is 0.814 bits per heavy atom. The van der Waals surface area contributed by atoms with Gasteiger partial charge in [0.2, 0.25) is 5.91 Å². The normalized spacial score (nSPS) is 36.2. The number of hydrogen-bond donors (Lipinski definition) is 8.